The smallest absolute Gasteiger partial charge is 1.00 e. The van der Waals surface area contributed by atoms with Gasteiger partial charge in [0.2, 0.25) is 0 Å². The minimum Gasteiger partial charge on any atom is -1.00 e. The van der Waals surface area contributed by atoms with E-state index in [4.69, 9.17) is 8.85 Å². The minimum absolute atomic E-state index is 0. The van der Waals surface area contributed by atoms with Crippen molar-refractivity contribution >= 4 is 9.28 Å². The molecular formula is C3H11LiO2Si. The Morgan fingerprint density at radius 1 is 1.29 bits per heavy atom. The monoisotopic (exact) mass is 114 g/mol. The summed E-state index contributed by atoms with van der Waals surface area (Å²) in [5, 5.41) is 0. The third kappa shape index (κ3) is 6.73. The van der Waals surface area contributed by atoms with Crippen LogP contribution < -0.4 is 18.9 Å². The van der Waals surface area contributed by atoms with Crippen molar-refractivity contribution in [3.63, 3.8) is 0 Å². The molecule has 0 saturated heterocycles. The standard InChI is InChI=1S/C3H10O2Si.Li.H/c1-4-6(3)5-2;;/h6H,1-3H3;;/q;+1;-1. The Hall–Kier alpha value is 0.734. The zero-order valence-corrected chi connectivity index (χ0v) is 6.55. The van der Waals surface area contributed by atoms with Crippen LogP contribution in [0, 0.1) is 0 Å². The Morgan fingerprint density at radius 3 is 1.57 bits per heavy atom. The van der Waals surface area contributed by atoms with E-state index in [1.807, 2.05) is 6.55 Å². The van der Waals surface area contributed by atoms with E-state index in [0.717, 1.165) is 0 Å². The summed E-state index contributed by atoms with van der Waals surface area (Å²) in [5.74, 6) is 0. The predicted molar refractivity (Wildman–Crippen MR) is 28.1 cm³/mol. The molecule has 4 heteroatoms. The van der Waals surface area contributed by atoms with Gasteiger partial charge in [0.1, 0.15) is 0 Å². The second kappa shape index (κ2) is 6.73. The van der Waals surface area contributed by atoms with Crippen molar-refractivity contribution in [3.8, 4) is 0 Å². The van der Waals surface area contributed by atoms with Gasteiger partial charge in [0, 0.05) is 14.2 Å². The number of rotatable bonds is 2. The van der Waals surface area contributed by atoms with Gasteiger partial charge in [-0.25, -0.2) is 0 Å². The van der Waals surface area contributed by atoms with E-state index in [9.17, 15) is 0 Å². The number of hydrogen-bond acceptors (Lipinski definition) is 2. The first-order valence-electron chi connectivity index (χ1n) is 1.87. The zero-order valence-electron chi connectivity index (χ0n) is 6.39. The topological polar surface area (TPSA) is 18.5 Å². The summed E-state index contributed by atoms with van der Waals surface area (Å²) in [6.45, 7) is 1.97. The molecule has 0 rings (SSSR count). The third-order valence-electron chi connectivity index (χ3n) is 0.664. The Labute approximate surface area is 59.7 Å². The Balaban J connectivity index is -0.000000125. The van der Waals surface area contributed by atoms with Crippen LogP contribution in [0.2, 0.25) is 6.55 Å². The quantitative estimate of drug-likeness (QED) is 0.362. The van der Waals surface area contributed by atoms with Crippen molar-refractivity contribution in [3.05, 3.63) is 0 Å². The SMILES string of the molecule is CO[SiH](C)OC.[H-].[Li+]. The molecule has 0 aromatic carbocycles. The molecule has 7 heavy (non-hydrogen) atoms. The molecule has 0 aliphatic rings. The summed E-state index contributed by atoms with van der Waals surface area (Å²) in [5.41, 5.74) is 0. The van der Waals surface area contributed by atoms with Gasteiger partial charge in [-0.1, -0.05) is 0 Å². The maximum Gasteiger partial charge on any atom is 1.00 e. The van der Waals surface area contributed by atoms with Crippen LogP contribution >= 0.6 is 0 Å². The molecule has 0 radical (unpaired) electrons. The summed E-state index contributed by atoms with van der Waals surface area (Å²) >= 11 is 0. The molecule has 0 N–H and O–H groups in total. The Bertz CT molecular complexity index is 36.5. The molecule has 0 atom stereocenters. The van der Waals surface area contributed by atoms with Crippen molar-refractivity contribution in [1.82, 2.24) is 0 Å². The first kappa shape index (κ1) is 10.7. The van der Waals surface area contributed by atoms with Crippen LogP contribution in [0.1, 0.15) is 1.43 Å². The van der Waals surface area contributed by atoms with Crippen molar-refractivity contribution in [2.24, 2.45) is 0 Å². The molecule has 0 spiro atoms. The van der Waals surface area contributed by atoms with Crippen LogP contribution in [0.25, 0.3) is 0 Å². The van der Waals surface area contributed by atoms with E-state index in [0.29, 0.717) is 0 Å². The summed E-state index contributed by atoms with van der Waals surface area (Å²) in [6, 6.07) is 0. The molecule has 0 fully saturated rings. The van der Waals surface area contributed by atoms with E-state index in [1.54, 1.807) is 14.2 Å². The molecule has 0 aromatic rings. The molecular weight excluding hydrogens is 103 g/mol. The molecule has 0 aliphatic carbocycles. The van der Waals surface area contributed by atoms with Gasteiger partial charge >= 0.3 is 28.1 Å². The van der Waals surface area contributed by atoms with Gasteiger partial charge in [0.25, 0.3) is 0 Å². The fourth-order valence-electron chi connectivity index (χ4n) is 0.0962. The van der Waals surface area contributed by atoms with Crippen LogP contribution in [0.3, 0.4) is 0 Å². The molecule has 0 heterocycles. The Morgan fingerprint density at radius 2 is 1.57 bits per heavy atom. The van der Waals surface area contributed by atoms with Gasteiger partial charge in [-0.2, -0.15) is 0 Å². The van der Waals surface area contributed by atoms with Crippen LogP contribution in [0.15, 0.2) is 0 Å². The fourth-order valence-corrected chi connectivity index (χ4v) is 0.289. The third-order valence-corrected chi connectivity index (χ3v) is 1.99. The van der Waals surface area contributed by atoms with Crippen LogP contribution in [-0.2, 0) is 8.85 Å². The number of hydrogen-bond donors (Lipinski definition) is 0. The van der Waals surface area contributed by atoms with Gasteiger partial charge in [-0.15, -0.1) is 0 Å². The van der Waals surface area contributed by atoms with Crippen molar-refractivity contribution < 1.29 is 29.1 Å². The molecule has 0 saturated carbocycles. The maximum atomic E-state index is 4.82. The van der Waals surface area contributed by atoms with E-state index in [2.05, 4.69) is 0 Å². The molecule has 0 amide bonds. The van der Waals surface area contributed by atoms with Crippen molar-refractivity contribution in [2.45, 2.75) is 6.55 Å². The summed E-state index contributed by atoms with van der Waals surface area (Å²) in [4.78, 5) is 0. The van der Waals surface area contributed by atoms with E-state index in [1.165, 1.54) is 0 Å². The molecule has 0 aromatic heterocycles. The molecule has 0 bridgehead atoms. The fraction of sp³-hybridized carbons (Fsp3) is 1.00. The summed E-state index contributed by atoms with van der Waals surface area (Å²) < 4.78 is 9.63. The van der Waals surface area contributed by atoms with E-state index >= 15 is 0 Å². The summed E-state index contributed by atoms with van der Waals surface area (Å²) in [7, 11) is 2.17. The zero-order chi connectivity index (χ0) is 4.99. The second-order valence-corrected chi connectivity index (χ2v) is 3.12. The minimum atomic E-state index is -1.16. The molecule has 0 aliphatic heterocycles. The normalized spacial score (nSPS) is 8.57. The van der Waals surface area contributed by atoms with Gasteiger partial charge < -0.3 is 10.3 Å². The second-order valence-electron chi connectivity index (χ2n) is 1.04. The Kier molecular flexibility index (Phi) is 10.3. The van der Waals surface area contributed by atoms with Gasteiger partial charge in [-0.3, -0.25) is 0 Å². The molecule has 2 nitrogen and oxygen atoms in total. The van der Waals surface area contributed by atoms with Crippen molar-refractivity contribution in [1.29, 1.82) is 0 Å². The largest absolute Gasteiger partial charge is 1.00 e. The first-order valence-corrected chi connectivity index (χ1v) is 3.96. The van der Waals surface area contributed by atoms with Gasteiger partial charge in [0.15, 0.2) is 0 Å². The average Bonchev–Trinajstić information content (AvgIpc) is 1.65. The van der Waals surface area contributed by atoms with Crippen LogP contribution in [0.4, 0.5) is 0 Å². The maximum absolute atomic E-state index is 4.82. The average molecular weight is 114 g/mol. The van der Waals surface area contributed by atoms with Gasteiger partial charge in [-0.05, 0) is 6.55 Å². The first-order chi connectivity index (χ1) is 2.81. The summed E-state index contributed by atoms with van der Waals surface area (Å²) in [6.07, 6.45) is 0. The van der Waals surface area contributed by atoms with Crippen molar-refractivity contribution in [2.75, 3.05) is 14.2 Å². The van der Waals surface area contributed by atoms with E-state index < -0.39 is 9.28 Å². The molecule has 0 unspecified atom stereocenters. The predicted octanol–water partition coefficient (Wildman–Crippen LogP) is -2.75. The van der Waals surface area contributed by atoms with E-state index in [-0.39, 0.29) is 20.3 Å². The van der Waals surface area contributed by atoms with Gasteiger partial charge in [0.05, 0.1) is 0 Å². The molecule has 40 valence electrons. The van der Waals surface area contributed by atoms with Crippen LogP contribution in [0.5, 0.6) is 0 Å². The van der Waals surface area contributed by atoms with Crippen LogP contribution in [-0.4, -0.2) is 23.5 Å².